The van der Waals surface area contributed by atoms with Gasteiger partial charge in [0.05, 0.1) is 23.5 Å². The fourth-order valence-corrected chi connectivity index (χ4v) is 2.01. The number of benzene rings is 1. The SMILES string of the molecule is CC.CCOC(=O)CC1CC(=O)c2cc([N+](=O)[O-])ccc2O1. The zero-order valence-electron chi connectivity index (χ0n) is 12.8. The van der Waals surface area contributed by atoms with Gasteiger partial charge >= 0.3 is 5.97 Å². The van der Waals surface area contributed by atoms with E-state index < -0.39 is 17.0 Å². The topological polar surface area (TPSA) is 95.7 Å². The van der Waals surface area contributed by atoms with E-state index in [0.717, 1.165) is 0 Å². The predicted octanol–water partition coefficient (Wildman–Crippen LogP) is 2.91. The molecular weight excluding hydrogens is 290 g/mol. The van der Waals surface area contributed by atoms with Gasteiger partial charge in [0.1, 0.15) is 11.9 Å². The molecule has 7 heteroatoms. The monoisotopic (exact) mass is 309 g/mol. The summed E-state index contributed by atoms with van der Waals surface area (Å²) in [6.45, 7) is 5.96. The van der Waals surface area contributed by atoms with Gasteiger partial charge in [0.2, 0.25) is 0 Å². The first kappa shape index (κ1) is 17.6. The van der Waals surface area contributed by atoms with Gasteiger partial charge in [0.25, 0.3) is 5.69 Å². The van der Waals surface area contributed by atoms with Gasteiger partial charge < -0.3 is 9.47 Å². The smallest absolute Gasteiger partial charge is 0.309 e. The molecule has 7 nitrogen and oxygen atoms in total. The number of rotatable bonds is 4. The van der Waals surface area contributed by atoms with Crippen LogP contribution in [0.1, 0.15) is 44.0 Å². The molecule has 0 aliphatic carbocycles. The van der Waals surface area contributed by atoms with Crippen LogP contribution in [0.3, 0.4) is 0 Å². The van der Waals surface area contributed by atoms with Crippen molar-refractivity contribution in [2.75, 3.05) is 6.61 Å². The quantitative estimate of drug-likeness (QED) is 0.482. The van der Waals surface area contributed by atoms with E-state index in [1.165, 1.54) is 18.2 Å². The first-order valence-electron chi connectivity index (χ1n) is 7.15. The highest BCUT2D eigenvalue weighted by atomic mass is 16.6. The van der Waals surface area contributed by atoms with Gasteiger partial charge in [-0.3, -0.25) is 19.7 Å². The summed E-state index contributed by atoms with van der Waals surface area (Å²) >= 11 is 0. The number of ketones is 1. The molecule has 1 aliphatic rings. The lowest BCUT2D eigenvalue weighted by Gasteiger charge is -2.24. The number of nitro benzene ring substituents is 1. The molecule has 1 aromatic carbocycles. The number of carbonyl (C=O) groups is 2. The van der Waals surface area contributed by atoms with Crippen molar-refractivity contribution in [3.63, 3.8) is 0 Å². The van der Waals surface area contributed by atoms with Crippen molar-refractivity contribution in [2.24, 2.45) is 0 Å². The molecule has 0 bridgehead atoms. The molecule has 0 saturated carbocycles. The highest BCUT2D eigenvalue weighted by Gasteiger charge is 2.29. The Morgan fingerprint density at radius 3 is 2.73 bits per heavy atom. The molecular formula is C15H19NO6. The first-order chi connectivity index (χ1) is 10.5. The number of fused-ring (bicyclic) bond motifs is 1. The van der Waals surface area contributed by atoms with Crippen molar-refractivity contribution in [2.45, 2.75) is 39.7 Å². The Bertz CT molecular complexity index is 569. The Kier molecular flexibility index (Phi) is 6.49. The van der Waals surface area contributed by atoms with Crippen LogP contribution in [-0.4, -0.2) is 29.4 Å². The average Bonchev–Trinajstić information content (AvgIpc) is 2.49. The maximum Gasteiger partial charge on any atom is 0.309 e. The van der Waals surface area contributed by atoms with Crippen LogP contribution in [0.15, 0.2) is 18.2 Å². The van der Waals surface area contributed by atoms with E-state index in [-0.39, 0.29) is 42.2 Å². The number of Topliss-reactive ketones (excluding diaryl/α,β-unsaturated/α-hetero) is 1. The number of nitro groups is 1. The lowest BCUT2D eigenvalue weighted by atomic mass is 9.98. The second-order valence-corrected chi connectivity index (χ2v) is 4.31. The predicted molar refractivity (Wildman–Crippen MR) is 79.1 cm³/mol. The van der Waals surface area contributed by atoms with Crippen molar-refractivity contribution in [3.05, 3.63) is 33.9 Å². The number of hydrogen-bond acceptors (Lipinski definition) is 6. The molecule has 0 saturated heterocycles. The minimum atomic E-state index is -0.587. The molecule has 1 unspecified atom stereocenters. The zero-order valence-corrected chi connectivity index (χ0v) is 12.8. The summed E-state index contributed by atoms with van der Waals surface area (Å²) < 4.78 is 10.3. The molecule has 1 aliphatic heterocycles. The van der Waals surface area contributed by atoms with Gasteiger partial charge in [0.15, 0.2) is 5.78 Å². The Labute approximate surface area is 128 Å². The first-order valence-corrected chi connectivity index (χ1v) is 7.15. The van der Waals surface area contributed by atoms with E-state index in [2.05, 4.69) is 0 Å². The van der Waals surface area contributed by atoms with Gasteiger partial charge in [-0.1, -0.05) is 13.8 Å². The van der Waals surface area contributed by atoms with Crippen LogP contribution >= 0.6 is 0 Å². The number of hydrogen-bond donors (Lipinski definition) is 0. The van der Waals surface area contributed by atoms with E-state index in [9.17, 15) is 19.7 Å². The third-order valence-corrected chi connectivity index (χ3v) is 2.88. The van der Waals surface area contributed by atoms with Crippen molar-refractivity contribution >= 4 is 17.4 Å². The Morgan fingerprint density at radius 1 is 1.45 bits per heavy atom. The second-order valence-electron chi connectivity index (χ2n) is 4.31. The highest BCUT2D eigenvalue weighted by Crippen LogP contribution is 2.31. The van der Waals surface area contributed by atoms with Crippen molar-refractivity contribution in [1.82, 2.24) is 0 Å². The number of esters is 1. The largest absolute Gasteiger partial charge is 0.489 e. The van der Waals surface area contributed by atoms with Gasteiger partial charge in [-0.05, 0) is 13.0 Å². The number of nitrogens with zero attached hydrogens (tertiary/aromatic N) is 1. The minimum absolute atomic E-state index is 0.00693. The fourth-order valence-electron chi connectivity index (χ4n) is 2.01. The van der Waals surface area contributed by atoms with Crippen LogP contribution in [0.4, 0.5) is 5.69 Å². The third-order valence-electron chi connectivity index (χ3n) is 2.88. The summed E-state index contributed by atoms with van der Waals surface area (Å²) in [5, 5.41) is 10.7. The average molecular weight is 309 g/mol. The summed E-state index contributed by atoms with van der Waals surface area (Å²) in [6.07, 6.45) is -0.598. The van der Waals surface area contributed by atoms with E-state index in [4.69, 9.17) is 9.47 Å². The number of ether oxygens (including phenoxy) is 2. The van der Waals surface area contributed by atoms with E-state index in [1.807, 2.05) is 13.8 Å². The van der Waals surface area contributed by atoms with E-state index in [0.29, 0.717) is 0 Å². The van der Waals surface area contributed by atoms with Crippen LogP contribution in [0.5, 0.6) is 5.75 Å². The van der Waals surface area contributed by atoms with Crippen LogP contribution < -0.4 is 4.74 Å². The molecule has 1 aromatic rings. The molecule has 0 fully saturated rings. The molecule has 22 heavy (non-hydrogen) atoms. The molecule has 0 aromatic heterocycles. The highest BCUT2D eigenvalue weighted by molar-refractivity contribution is 6.00. The summed E-state index contributed by atoms with van der Waals surface area (Å²) in [5.74, 6) is -0.443. The molecule has 1 atom stereocenters. The van der Waals surface area contributed by atoms with Gasteiger partial charge in [-0.15, -0.1) is 0 Å². The Morgan fingerprint density at radius 2 is 2.14 bits per heavy atom. The van der Waals surface area contributed by atoms with Gasteiger partial charge in [-0.2, -0.15) is 0 Å². The molecule has 0 spiro atoms. The van der Waals surface area contributed by atoms with Gasteiger partial charge in [0, 0.05) is 18.6 Å². The number of non-ortho nitro benzene ring substituents is 1. The fraction of sp³-hybridized carbons (Fsp3) is 0.467. The van der Waals surface area contributed by atoms with Crippen molar-refractivity contribution in [1.29, 1.82) is 0 Å². The van der Waals surface area contributed by atoms with E-state index in [1.54, 1.807) is 6.92 Å². The summed E-state index contributed by atoms with van der Waals surface area (Å²) in [5.41, 5.74) is 0.0175. The lowest BCUT2D eigenvalue weighted by molar-refractivity contribution is -0.384. The third kappa shape index (κ3) is 4.28. The van der Waals surface area contributed by atoms with Crippen molar-refractivity contribution in [3.8, 4) is 5.75 Å². The standard InChI is InChI=1S/C13H13NO6.C2H6/c1-2-19-13(16)7-9-6-11(15)10-5-8(14(17)18)3-4-12(10)20-9;1-2/h3-5,9H,2,6-7H2,1H3;1-2H3. The molecule has 0 radical (unpaired) electrons. The second kappa shape index (κ2) is 8.11. The molecule has 0 amide bonds. The van der Waals surface area contributed by atoms with E-state index >= 15 is 0 Å². The zero-order chi connectivity index (χ0) is 16.7. The van der Waals surface area contributed by atoms with Crippen molar-refractivity contribution < 1.29 is 24.0 Å². The summed E-state index contributed by atoms with van der Waals surface area (Å²) in [6, 6.07) is 3.83. The maximum atomic E-state index is 12.0. The molecule has 0 N–H and O–H groups in total. The van der Waals surface area contributed by atoms with Crippen LogP contribution in [0.2, 0.25) is 0 Å². The lowest BCUT2D eigenvalue weighted by Crippen LogP contribution is -2.29. The molecule has 1 heterocycles. The Hall–Kier alpha value is -2.44. The molecule has 2 rings (SSSR count). The molecule has 120 valence electrons. The summed E-state index contributed by atoms with van der Waals surface area (Å²) in [4.78, 5) is 33.4. The Balaban J connectivity index is 0.00000116. The van der Waals surface area contributed by atoms with Crippen LogP contribution in [-0.2, 0) is 9.53 Å². The van der Waals surface area contributed by atoms with Crippen LogP contribution in [0.25, 0.3) is 0 Å². The summed E-state index contributed by atoms with van der Waals surface area (Å²) in [7, 11) is 0. The van der Waals surface area contributed by atoms with Gasteiger partial charge in [-0.25, -0.2) is 0 Å². The maximum absolute atomic E-state index is 12.0. The minimum Gasteiger partial charge on any atom is -0.489 e. The normalized spacial score (nSPS) is 15.8. The number of carbonyl (C=O) groups excluding carboxylic acids is 2. The van der Waals surface area contributed by atoms with Crippen LogP contribution in [0, 0.1) is 10.1 Å².